The third kappa shape index (κ3) is 3.86. The van der Waals surface area contributed by atoms with Crippen LogP contribution in [0.4, 0.5) is 5.69 Å². The van der Waals surface area contributed by atoms with E-state index in [-0.39, 0.29) is 12.5 Å². The van der Waals surface area contributed by atoms with E-state index in [9.17, 15) is 4.79 Å². The molecule has 26 heavy (non-hydrogen) atoms. The van der Waals surface area contributed by atoms with Crippen molar-refractivity contribution in [1.29, 1.82) is 0 Å². The zero-order valence-electron chi connectivity index (χ0n) is 13.9. The molecule has 0 bridgehead atoms. The first-order chi connectivity index (χ1) is 12.8. The third-order valence-electron chi connectivity index (χ3n) is 3.92. The fourth-order valence-corrected chi connectivity index (χ4v) is 4.32. The van der Waals surface area contributed by atoms with Gasteiger partial charge in [0, 0.05) is 10.6 Å². The molecule has 6 heteroatoms. The average molecular weight is 383 g/mol. The molecule has 4 rings (SSSR count). The number of nitrogens with one attached hydrogen (secondary N) is 1. The Morgan fingerprint density at radius 2 is 1.92 bits per heavy atom. The number of hydrogen-bond donors (Lipinski definition) is 1. The van der Waals surface area contributed by atoms with Crippen LogP contribution in [0.25, 0.3) is 0 Å². The van der Waals surface area contributed by atoms with Gasteiger partial charge in [-0.1, -0.05) is 24.3 Å². The molecule has 132 valence electrons. The quantitative estimate of drug-likeness (QED) is 0.642. The summed E-state index contributed by atoms with van der Waals surface area (Å²) in [6.45, 7) is 0.201. The minimum atomic E-state index is -0.667. The maximum atomic E-state index is 12.6. The minimum Gasteiger partial charge on any atom is -0.485 e. The molecular formula is C20H17NO3S2. The van der Waals surface area contributed by atoms with Gasteiger partial charge in [-0.3, -0.25) is 4.79 Å². The number of carbonyl (C=O) groups is 1. The molecule has 1 aromatic heterocycles. The van der Waals surface area contributed by atoms with E-state index in [4.69, 9.17) is 9.47 Å². The molecule has 2 heterocycles. The highest BCUT2D eigenvalue weighted by molar-refractivity contribution is 7.98. The summed E-state index contributed by atoms with van der Waals surface area (Å²) in [5, 5.41) is 7.19. The van der Waals surface area contributed by atoms with E-state index in [0.717, 1.165) is 16.3 Å². The first-order valence-corrected chi connectivity index (χ1v) is 10.1. The van der Waals surface area contributed by atoms with E-state index in [1.807, 2.05) is 42.5 Å². The van der Waals surface area contributed by atoms with Gasteiger partial charge in [0.25, 0.3) is 5.91 Å². The maximum absolute atomic E-state index is 12.6. The summed E-state index contributed by atoms with van der Waals surface area (Å²) in [5.74, 6) is 1.93. The lowest BCUT2D eigenvalue weighted by molar-refractivity contribution is -0.125. The molecule has 3 aromatic rings. The Labute approximate surface area is 160 Å². The van der Waals surface area contributed by atoms with E-state index in [1.165, 1.54) is 5.56 Å². The lowest BCUT2D eigenvalue weighted by Gasteiger charge is -2.25. The van der Waals surface area contributed by atoms with Crippen LogP contribution >= 0.6 is 23.1 Å². The Bertz CT molecular complexity index is 896. The van der Waals surface area contributed by atoms with Crippen LogP contribution in [-0.2, 0) is 10.5 Å². The summed E-state index contributed by atoms with van der Waals surface area (Å²) in [5.41, 5.74) is 2.07. The van der Waals surface area contributed by atoms with Gasteiger partial charge < -0.3 is 14.8 Å². The third-order valence-corrected chi connectivity index (χ3v) is 5.80. The summed E-state index contributed by atoms with van der Waals surface area (Å²) in [6.07, 6.45) is -0.667. The molecule has 4 nitrogen and oxygen atoms in total. The van der Waals surface area contributed by atoms with Crippen molar-refractivity contribution < 1.29 is 14.3 Å². The smallest absolute Gasteiger partial charge is 0.269 e. The van der Waals surface area contributed by atoms with Crippen LogP contribution in [0.15, 0.2) is 70.3 Å². The number of amides is 1. The van der Waals surface area contributed by atoms with Gasteiger partial charge in [0.15, 0.2) is 11.5 Å². The lowest BCUT2D eigenvalue weighted by Crippen LogP contribution is -2.40. The number of carbonyl (C=O) groups excluding carboxylic acids is 1. The van der Waals surface area contributed by atoms with Gasteiger partial charge in [-0.15, -0.1) is 11.8 Å². The maximum Gasteiger partial charge on any atom is 0.269 e. The topological polar surface area (TPSA) is 47.6 Å². The van der Waals surface area contributed by atoms with Gasteiger partial charge in [0.2, 0.25) is 6.10 Å². The average Bonchev–Trinajstić information content (AvgIpc) is 3.20. The minimum absolute atomic E-state index is 0.201. The number of thioether (sulfide) groups is 1. The number of hydrogen-bond acceptors (Lipinski definition) is 5. The molecule has 0 fully saturated rings. The summed E-state index contributed by atoms with van der Waals surface area (Å²) in [6, 6.07) is 17.3. The molecule has 0 spiro atoms. The van der Waals surface area contributed by atoms with Gasteiger partial charge in [0.05, 0.1) is 5.69 Å². The van der Waals surface area contributed by atoms with Crippen molar-refractivity contribution in [2.75, 3.05) is 11.9 Å². The van der Waals surface area contributed by atoms with E-state index in [2.05, 4.69) is 22.1 Å². The first kappa shape index (κ1) is 17.0. The zero-order chi connectivity index (χ0) is 17.8. The standard InChI is InChI=1S/C20H17NO3S2/c22-20(18-11-23-16-6-2-3-7-17(16)24-18)21-15-5-1-4-8-19(15)26-13-14-9-10-25-12-14/h1-10,12,18H,11,13H2,(H,21,22)/t18-/m0/s1. The summed E-state index contributed by atoms with van der Waals surface area (Å²) in [7, 11) is 0. The molecule has 0 saturated heterocycles. The van der Waals surface area contributed by atoms with E-state index < -0.39 is 6.10 Å². The van der Waals surface area contributed by atoms with E-state index in [0.29, 0.717) is 11.5 Å². The highest BCUT2D eigenvalue weighted by Crippen LogP contribution is 2.33. The summed E-state index contributed by atoms with van der Waals surface area (Å²) in [4.78, 5) is 13.7. The van der Waals surface area contributed by atoms with Crippen molar-refractivity contribution in [3.8, 4) is 11.5 Å². The Morgan fingerprint density at radius 3 is 2.77 bits per heavy atom. The number of ether oxygens (including phenoxy) is 2. The number of rotatable bonds is 5. The van der Waals surface area contributed by atoms with Gasteiger partial charge in [0.1, 0.15) is 6.61 Å². The fourth-order valence-electron chi connectivity index (χ4n) is 2.59. The second-order valence-electron chi connectivity index (χ2n) is 5.77. The summed E-state index contributed by atoms with van der Waals surface area (Å²) >= 11 is 3.39. The SMILES string of the molecule is O=C(Nc1ccccc1SCc1ccsc1)[C@@H]1COc2ccccc2O1. The van der Waals surface area contributed by atoms with Crippen LogP contribution < -0.4 is 14.8 Å². The highest BCUT2D eigenvalue weighted by atomic mass is 32.2. The van der Waals surface area contributed by atoms with E-state index >= 15 is 0 Å². The van der Waals surface area contributed by atoms with Crippen molar-refractivity contribution in [3.63, 3.8) is 0 Å². The first-order valence-electron chi connectivity index (χ1n) is 8.22. The van der Waals surface area contributed by atoms with Gasteiger partial charge in [-0.2, -0.15) is 11.3 Å². The van der Waals surface area contributed by atoms with Gasteiger partial charge in [-0.05, 0) is 46.7 Å². The number of para-hydroxylation sites is 3. The molecule has 1 N–H and O–H groups in total. The normalized spacial score (nSPS) is 15.5. The molecule has 0 saturated carbocycles. The molecule has 1 aliphatic heterocycles. The van der Waals surface area contributed by atoms with Crippen molar-refractivity contribution in [2.45, 2.75) is 16.8 Å². The molecule has 0 radical (unpaired) electrons. The predicted octanol–water partition coefficient (Wildman–Crippen LogP) is 4.82. The second-order valence-corrected chi connectivity index (χ2v) is 7.57. The number of benzene rings is 2. The monoisotopic (exact) mass is 383 g/mol. The van der Waals surface area contributed by atoms with Crippen LogP contribution in [-0.4, -0.2) is 18.6 Å². The van der Waals surface area contributed by atoms with Crippen molar-refractivity contribution in [1.82, 2.24) is 0 Å². The molecule has 1 amide bonds. The van der Waals surface area contributed by atoms with Crippen molar-refractivity contribution in [3.05, 3.63) is 70.9 Å². The Morgan fingerprint density at radius 1 is 1.12 bits per heavy atom. The van der Waals surface area contributed by atoms with Crippen molar-refractivity contribution >= 4 is 34.7 Å². The molecular weight excluding hydrogens is 366 g/mol. The van der Waals surface area contributed by atoms with Crippen LogP contribution in [0.3, 0.4) is 0 Å². The van der Waals surface area contributed by atoms with Gasteiger partial charge in [-0.25, -0.2) is 0 Å². The van der Waals surface area contributed by atoms with Crippen LogP contribution in [0.2, 0.25) is 0 Å². The van der Waals surface area contributed by atoms with Gasteiger partial charge >= 0.3 is 0 Å². The number of fused-ring (bicyclic) bond motifs is 1. The van der Waals surface area contributed by atoms with Crippen molar-refractivity contribution in [2.24, 2.45) is 0 Å². The molecule has 0 aliphatic carbocycles. The predicted molar refractivity (Wildman–Crippen MR) is 105 cm³/mol. The Balaban J connectivity index is 1.43. The van der Waals surface area contributed by atoms with Crippen LogP contribution in [0, 0.1) is 0 Å². The lowest BCUT2D eigenvalue weighted by atomic mass is 10.2. The summed E-state index contributed by atoms with van der Waals surface area (Å²) < 4.78 is 11.4. The largest absolute Gasteiger partial charge is 0.485 e. The number of anilines is 1. The highest BCUT2D eigenvalue weighted by Gasteiger charge is 2.27. The Kier molecular flexibility index (Phi) is 5.13. The van der Waals surface area contributed by atoms with E-state index in [1.54, 1.807) is 29.2 Å². The Hall–Kier alpha value is -2.44. The van der Waals surface area contributed by atoms with Crippen LogP contribution in [0.1, 0.15) is 5.56 Å². The second kappa shape index (κ2) is 7.85. The van der Waals surface area contributed by atoms with Crippen LogP contribution in [0.5, 0.6) is 11.5 Å². The molecule has 1 atom stereocenters. The zero-order valence-corrected chi connectivity index (χ0v) is 15.5. The fraction of sp³-hybridized carbons (Fsp3) is 0.150. The molecule has 2 aromatic carbocycles. The molecule has 1 aliphatic rings. The number of thiophene rings is 1. The molecule has 0 unspecified atom stereocenters.